The summed E-state index contributed by atoms with van der Waals surface area (Å²) >= 11 is 0. The van der Waals surface area contributed by atoms with E-state index in [2.05, 4.69) is 9.88 Å². The topological polar surface area (TPSA) is 62.7 Å². The Kier molecular flexibility index (Phi) is 4.60. The molecular weight excluding hydrogens is 256 g/mol. The van der Waals surface area contributed by atoms with E-state index in [0.717, 1.165) is 37.6 Å². The molecule has 1 saturated heterocycles. The summed E-state index contributed by atoms with van der Waals surface area (Å²) in [6.07, 6.45) is 1.90. The van der Waals surface area contributed by atoms with Gasteiger partial charge in [-0.15, -0.1) is 0 Å². The lowest BCUT2D eigenvalue weighted by Gasteiger charge is -2.32. The minimum Gasteiger partial charge on any atom is -0.478 e. The van der Waals surface area contributed by atoms with Gasteiger partial charge in [0.25, 0.3) is 0 Å². The molecule has 2 rings (SSSR count). The normalized spacial score (nSPS) is 16.4. The largest absolute Gasteiger partial charge is 0.478 e. The molecule has 5 nitrogen and oxygen atoms in total. The van der Waals surface area contributed by atoms with Gasteiger partial charge in [-0.05, 0) is 30.9 Å². The summed E-state index contributed by atoms with van der Waals surface area (Å²) in [5, 5.41) is 9.24. The number of hydrogen-bond donors (Lipinski definition) is 1. The molecule has 0 unspecified atom stereocenters. The highest BCUT2D eigenvalue weighted by atomic mass is 16.5. The smallest absolute Gasteiger partial charge is 0.335 e. The zero-order valence-corrected chi connectivity index (χ0v) is 12.3. The molecule has 1 aromatic heterocycles. The Morgan fingerprint density at radius 2 is 2.05 bits per heavy atom. The van der Waals surface area contributed by atoms with Gasteiger partial charge in [0.05, 0.1) is 5.56 Å². The summed E-state index contributed by atoms with van der Waals surface area (Å²) in [6, 6.07) is 3.68. The van der Waals surface area contributed by atoms with Crippen molar-refractivity contribution in [1.29, 1.82) is 0 Å². The molecule has 0 amide bonds. The van der Waals surface area contributed by atoms with Crippen molar-refractivity contribution in [2.75, 3.05) is 25.2 Å². The predicted octanol–water partition coefficient (Wildman–Crippen LogP) is 2.52. The number of aromatic carboxylic acids is 1. The van der Waals surface area contributed by atoms with Gasteiger partial charge in [0.1, 0.15) is 5.82 Å². The first kappa shape index (κ1) is 14.8. The van der Waals surface area contributed by atoms with Gasteiger partial charge in [-0.3, -0.25) is 0 Å². The van der Waals surface area contributed by atoms with E-state index >= 15 is 0 Å². The number of ether oxygens (including phenoxy) is 1. The second-order valence-corrected chi connectivity index (χ2v) is 5.55. The lowest BCUT2D eigenvalue weighted by Crippen LogP contribution is -2.37. The van der Waals surface area contributed by atoms with Gasteiger partial charge in [0, 0.05) is 32.0 Å². The van der Waals surface area contributed by atoms with Crippen LogP contribution in [0.25, 0.3) is 0 Å². The molecule has 20 heavy (non-hydrogen) atoms. The predicted molar refractivity (Wildman–Crippen MR) is 77.5 cm³/mol. The van der Waals surface area contributed by atoms with Gasteiger partial charge in [-0.2, -0.15) is 0 Å². The standard InChI is InChI=1S/C15H22N2O3/c1-10(2)13-8-11(15(18)19)9-14(16-13)17(3)12-4-6-20-7-5-12/h8-10,12H,4-7H2,1-3H3,(H,18,19). The number of hydrogen-bond acceptors (Lipinski definition) is 4. The molecule has 5 heteroatoms. The Morgan fingerprint density at radius 3 is 2.60 bits per heavy atom. The van der Waals surface area contributed by atoms with Crippen LogP contribution in [0.4, 0.5) is 5.82 Å². The van der Waals surface area contributed by atoms with Crippen LogP contribution in [0, 0.1) is 0 Å². The minimum absolute atomic E-state index is 0.205. The van der Waals surface area contributed by atoms with E-state index < -0.39 is 5.97 Å². The van der Waals surface area contributed by atoms with E-state index in [9.17, 15) is 9.90 Å². The molecule has 1 fully saturated rings. The second-order valence-electron chi connectivity index (χ2n) is 5.55. The number of aromatic nitrogens is 1. The lowest BCUT2D eigenvalue weighted by molar-refractivity contribution is 0.0696. The average molecular weight is 278 g/mol. The number of anilines is 1. The molecule has 1 aliphatic rings. The van der Waals surface area contributed by atoms with Crippen molar-refractivity contribution in [3.8, 4) is 0 Å². The van der Waals surface area contributed by atoms with Gasteiger partial charge >= 0.3 is 5.97 Å². The maximum Gasteiger partial charge on any atom is 0.335 e. The monoisotopic (exact) mass is 278 g/mol. The maximum atomic E-state index is 11.3. The Bertz CT molecular complexity index is 482. The number of carboxylic acid groups (broad SMARTS) is 1. The zero-order valence-electron chi connectivity index (χ0n) is 12.3. The zero-order chi connectivity index (χ0) is 14.7. The molecular formula is C15H22N2O3. The van der Waals surface area contributed by atoms with Crippen molar-refractivity contribution in [2.45, 2.75) is 38.6 Å². The first-order valence-corrected chi connectivity index (χ1v) is 7.05. The van der Waals surface area contributed by atoms with Crippen molar-refractivity contribution < 1.29 is 14.6 Å². The van der Waals surface area contributed by atoms with Crippen LogP contribution < -0.4 is 4.90 Å². The summed E-state index contributed by atoms with van der Waals surface area (Å²) in [4.78, 5) is 18.0. The van der Waals surface area contributed by atoms with Gasteiger partial charge in [-0.25, -0.2) is 9.78 Å². The molecule has 1 aromatic rings. The molecule has 1 aliphatic heterocycles. The molecule has 0 spiro atoms. The van der Waals surface area contributed by atoms with Crippen LogP contribution in [0.1, 0.15) is 48.7 Å². The summed E-state index contributed by atoms with van der Waals surface area (Å²) in [7, 11) is 1.98. The van der Waals surface area contributed by atoms with Crippen LogP contribution >= 0.6 is 0 Å². The van der Waals surface area contributed by atoms with Crippen molar-refractivity contribution in [3.05, 3.63) is 23.4 Å². The van der Waals surface area contributed by atoms with Crippen LogP contribution in [0.5, 0.6) is 0 Å². The second kappa shape index (κ2) is 6.22. The molecule has 0 aliphatic carbocycles. The van der Waals surface area contributed by atoms with Crippen molar-refractivity contribution in [2.24, 2.45) is 0 Å². The fraction of sp³-hybridized carbons (Fsp3) is 0.600. The summed E-state index contributed by atoms with van der Waals surface area (Å²) in [6.45, 7) is 5.55. The fourth-order valence-electron chi connectivity index (χ4n) is 2.40. The quantitative estimate of drug-likeness (QED) is 0.917. The Balaban J connectivity index is 2.31. The van der Waals surface area contributed by atoms with E-state index in [1.807, 2.05) is 20.9 Å². The van der Waals surface area contributed by atoms with E-state index in [0.29, 0.717) is 11.6 Å². The Hall–Kier alpha value is -1.62. The van der Waals surface area contributed by atoms with Crippen LogP contribution in [-0.4, -0.2) is 42.4 Å². The van der Waals surface area contributed by atoms with Gasteiger partial charge in [0.15, 0.2) is 0 Å². The van der Waals surface area contributed by atoms with E-state index in [1.54, 1.807) is 12.1 Å². The number of pyridine rings is 1. The Morgan fingerprint density at radius 1 is 1.40 bits per heavy atom. The third kappa shape index (κ3) is 3.28. The summed E-state index contributed by atoms with van der Waals surface area (Å²) < 4.78 is 5.37. The van der Waals surface area contributed by atoms with Gasteiger partial charge in [-0.1, -0.05) is 13.8 Å². The van der Waals surface area contributed by atoms with Crippen molar-refractivity contribution in [1.82, 2.24) is 4.98 Å². The van der Waals surface area contributed by atoms with E-state index in [4.69, 9.17) is 4.74 Å². The molecule has 1 N–H and O–H groups in total. The summed E-state index contributed by atoms with van der Waals surface area (Å²) in [5.74, 6) is 0.0348. The number of carbonyl (C=O) groups is 1. The van der Waals surface area contributed by atoms with Crippen molar-refractivity contribution >= 4 is 11.8 Å². The van der Waals surface area contributed by atoms with Gasteiger partial charge < -0.3 is 14.7 Å². The molecule has 0 radical (unpaired) electrons. The van der Waals surface area contributed by atoms with Crippen LogP contribution in [-0.2, 0) is 4.74 Å². The average Bonchev–Trinajstić information content (AvgIpc) is 2.46. The molecule has 2 heterocycles. The third-order valence-electron chi connectivity index (χ3n) is 3.77. The van der Waals surface area contributed by atoms with Crippen LogP contribution in [0.3, 0.4) is 0 Å². The highest BCUT2D eigenvalue weighted by Crippen LogP contribution is 2.23. The molecule has 0 bridgehead atoms. The number of carboxylic acids is 1. The van der Waals surface area contributed by atoms with E-state index in [1.165, 1.54) is 0 Å². The first-order valence-electron chi connectivity index (χ1n) is 7.05. The fourth-order valence-corrected chi connectivity index (χ4v) is 2.40. The molecule has 110 valence electrons. The van der Waals surface area contributed by atoms with E-state index in [-0.39, 0.29) is 5.92 Å². The Labute approximate surface area is 119 Å². The molecule has 0 saturated carbocycles. The maximum absolute atomic E-state index is 11.3. The third-order valence-corrected chi connectivity index (χ3v) is 3.77. The van der Waals surface area contributed by atoms with Crippen LogP contribution in [0.15, 0.2) is 12.1 Å². The highest BCUT2D eigenvalue weighted by molar-refractivity contribution is 5.88. The van der Waals surface area contributed by atoms with Crippen LogP contribution in [0.2, 0.25) is 0 Å². The minimum atomic E-state index is -0.907. The number of nitrogens with zero attached hydrogens (tertiary/aromatic N) is 2. The van der Waals surface area contributed by atoms with Crippen molar-refractivity contribution in [3.63, 3.8) is 0 Å². The first-order chi connectivity index (χ1) is 9.49. The summed E-state index contributed by atoms with van der Waals surface area (Å²) in [5.41, 5.74) is 1.12. The van der Waals surface area contributed by atoms with Gasteiger partial charge in [0.2, 0.25) is 0 Å². The SMILES string of the molecule is CC(C)c1cc(C(=O)O)cc(N(C)C2CCOCC2)n1. The molecule has 0 aromatic carbocycles. The molecule has 0 atom stereocenters. The number of rotatable bonds is 4. The highest BCUT2D eigenvalue weighted by Gasteiger charge is 2.21. The lowest BCUT2D eigenvalue weighted by atomic mass is 10.1.